The van der Waals surface area contributed by atoms with Crippen LogP contribution in [0.3, 0.4) is 0 Å². The number of rotatable bonds is 3. The summed E-state index contributed by atoms with van der Waals surface area (Å²) in [5, 5.41) is 7.61. The van der Waals surface area contributed by atoms with E-state index in [2.05, 4.69) is 31.2 Å². The Kier molecular flexibility index (Phi) is 4.94. The van der Waals surface area contributed by atoms with Crippen LogP contribution in [0.2, 0.25) is 0 Å². The number of nitrogens with zero attached hydrogens (tertiary/aromatic N) is 4. The lowest BCUT2D eigenvalue weighted by molar-refractivity contribution is 0.245. The molecule has 0 fully saturated rings. The molecule has 0 radical (unpaired) electrons. The van der Waals surface area contributed by atoms with Gasteiger partial charge in [0.15, 0.2) is 0 Å². The normalized spacial score (nSPS) is 15.6. The molecule has 1 unspecified atom stereocenters. The second-order valence-corrected chi connectivity index (χ2v) is 8.96. The number of carbonyl (C=O) groups excluding carboxylic acids is 1. The number of anilines is 2. The van der Waals surface area contributed by atoms with Crippen LogP contribution in [0.4, 0.5) is 16.2 Å². The molecular weight excluding hydrogens is 408 g/mol. The molecule has 1 aromatic carbocycles. The van der Waals surface area contributed by atoms with Crippen molar-refractivity contribution in [3.8, 4) is 0 Å². The molecule has 2 N–H and O–H groups in total. The van der Waals surface area contributed by atoms with Gasteiger partial charge in [0.05, 0.1) is 27.0 Å². The lowest BCUT2D eigenvalue weighted by atomic mass is 10.1. The van der Waals surface area contributed by atoms with E-state index in [0.717, 1.165) is 52.3 Å². The fourth-order valence-electron chi connectivity index (χ4n) is 4.21. The molecule has 0 spiro atoms. The largest absolute Gasteiger partial charge is 0.354 e. The summed E-state index contributed by atoms with van der Waals surface area (Å²) in [6.45, 7) is 1.94. The van der Waals surface area contributed by atoms with Crippen molar-refractivity contribution < 1.29 is 4.79 Å². The zero-order valence-corrected chi connectivity index (χ0v) is 18.5. The van der Waals surface area contributed by atoms with Crippen molar-refractivity contribution in [2.45, 2.75) is 29.9 Å². The summed E-state index contributed by atoms with van der Waals surface area (Å²) in [7, 11) is 3.69. The van der Waals surface area contributed by atoms with Crippen LogP contribution in [0.15, 0.2) is 53.8 Å². The molecule has 158 valence electrons. The maximum atomic E-state index is 12.2. The number of fused-ring (bicyclic) bond motifs is 2. The van der Waals surface area contributed by atoms with Crippen molar-refractivity contribution in [3.63, 3.8) is 0 Å². The zero-order valence-electron chi connectivity index (χ0n) is 17.7. The van der Waals surface area contributed by atoms with Gasteiger partial charge in [0.2, 0.25) is 0 Å². The van der Waals surface area contributed by atoms with Crippen LogP contribution in [-0.2, 0) is 13.5 Å². The van der Waals surface area contributed by atoms with E-state index in [4.69, 9.17) is 0 Å². The van der Waals surface area contributed by atoms with Gasteiger partial charge in [0, 0.05) is 49.5 Å². The van der Waals surface area contributed by atoms with Gasteiger partial charge in [-0.2, -0.15) is 0 Å². The van der Waals surface area contributed by atoms with Crippen LogP contribution >= 0.6 is 11.8 Å². The van der Waals surface area contributed by atoms with E-state index < -0.39 is 0 Å². The Labute approximate surface area is 184 Å². The van der Waals surface area contributed by atoms with Crippen molar-refractivity contribution >= 4 is 40.1 Å². The van der Waals surface area contributed by atoms with Crippen molar-refractivity contribution in [1.29, 1.82) is 0 Å². The Morgan fingerprint density at radius 2 is 2.06 bits per heavy atom. The van der Waals surface area contributed by atoms with E-state index in [1.807, 2.05) is 68.6 Å². The monoisotopic (exact) mass is 432 g/mol. The van der Waals surface area contributed by atoms with Crippen molar-refractivity contribution in [2.75, 3.05) is 12.4 Å². The summed E-state index contributed by atoms with van der Waals surface area (Å²) in [5.74, 6) is 1.10. The zero-order chi connectivity index (χ0) is 21.5. The predicted octanol–water partition coefficient (Wildman–Crippen LogP) is 4.79. The summed E-state index contributed by atoms with van der Waals surface area (Å²) < 4.78 is 3.79. The molecular formula is C23H24N6OS. The molecule has 1 aliphatic rings. The topological polar surface area (TPSA) is 76.8 Å². The Hall–Kier alpha value is -3.26. The van der Waals surface area contributed by atoms with Gasteiger partial charge in [-0.1, -0.05) is 0 Å². The number of hydrogen-bond acceptors (Lipinski definition) is 5. The lowest BCUT2D eigenvalue weighted by Gasteiger charge is -2.25. The number of pyridine rings is 1. The molecule has 8 heteroatoms. The molecule has 4 aromatic rings. The minimum Gasteiger partial charge on any atom is -0.354 e. The lowest BCUT2D eigenvalue weighted by Crippen LogP contribution is -2.25. The van der Waals surface area contributed by atoms with Gasteiger partial charge in [-0.3, -0.25) is 9.55 Å². The van der Waals surface area contributed by atoms with E-state index in [1.165, 1.54) is 4.90 Å². The summed E-state index contributed by atoms with van der Waals surface area (Å²) in [5.41, 5.74) is 4.96. The van der Waals surface area contributed by atoms with E-state index in [0.29, 0.717) is 5.25 Å². The fourth-order valence-corrected chi connectivity index (χ4v) is 5.60. The van der Waals surface area contributed by atoms with Gasteiger partial charge < -0.3 is 15.2 Å². The second-order valence-electron chi connectivity index (χ2n) is 7.75. The number of nitrogens with one attached hydrogen (secondary N) is 2. The summed E-state index contributed by atoms with van der Waals surface area (Å²) in [4.78, 5) is 22.6. The highest BCUT2D eigenvalue weighted by Crippen LogP contribution is 2.47. The third-order valence-electron chi connectivity index (χ3n) is 5.71. The van der Waals surface area contributed by atoms with Gasteiger partial charge >= 0.3 is 6.03 Å². The molecule has 1 atom stereocenters. The fraction of sp³-hybridized carbons (Fsp3) is 0.261. The third-order valence-corrected chi connectivity index (χ3v) is 7.13. The number of imidazole rings is 1. The van der Waals surface area contributed by atoms with E-state index in [9.17, 15) is 4.79 Å². The number of carbonyl (C=O) groups is 1. The molecule has 5 rings (SSSR count). The van der Waals surface area contributed by atoms with Crippen molar-refractivity contribution in [2.24, 2.45) is 7.05 Å². The number of benzene rings is 1. The van der Waals surface area contributed by atoms with Crippen LogP contribution < -0.4 is 10.6 Å². The van der Waals surface area contributed by atoms with Gasteiger partial charge in [-0.15, -0.1) is 11.8 Å². The molecule has 3 aromatic heterocycles. The Morgan fingerprint density at radius 1 is 1.19 bits per heavy atom. The third kappa shape index (κ3) is 3.46. The van der Waals surface area contributed by atoms with Crippen LogP contribution in [0.5, 0.6) is 0 Å². The first kappa shape index (κ1) is 19.7. The number of thioether (sulfide) groups is 1. The number of aryl methyl sites for hydroxylation is 3. The average molecular weight is 433 g/mol. The standard InChI is InChI=1S/C23H24N6OS/c1-14-12-15-13-16(4-6-19(15)29(14)23(30)24-2)27-18-8-9-25-17-5-7-20(31-21(17)18)22-26-10-11-28(22)3/h4,6,8-13,20H,5,7H2,1-3H3,(H,24,30)(H,25,27). The van der Waals surface area contributed by atoms with Gasteiger partial charge in [0.1, 0.15) is 5.82 Å². The quantitative estimate of drug-likeness (QED) is 0.487. The number of aromatic nitrogens is 4. The molecule has 0 bridgehead atoms. The molecule has 1 aliphatic heterocycles. The van der Waals surface area contributed by atoms with Gasteiger partial charge in [-0.25, -0.2) is 9.78 Å². The first-order valence-electron chi connectivity index (χ1n) is 10.3. The summed E-state index contributed by atoms with van der Waals surface area (Å²) in [6, 6.07) is 10.0. The Bertz CT molecular complexity index is 1290. The van der Waals surface area contributed by atoms with Gasteiger partial charge in [-0.05, 0) is 50.1 Å². The molecule has 0 saturated carbocycles. The second kappa shape index (κ2) is 7.77. The van der Waals surface area contributed by atoms with Crippen LogP contribution in [0.1, 0.15) is 28.9 Å². The highest BCUT2D eigenvalue weighted by atomic mass is 32.2. The van der Waals surface area contributed by atoms with Crippen LogP contribution in [0, 0.1) is 6.92 Å². The van der Waals surface area contributed by atoms with Crippen molar-refractivity contribution in [1.82, 2.24) is 24.4 Å². The molecule has 1 amide bonds. The van der Waals surface area contributed by atoms with E-state index in [-0.39, 0.29) is 6.03 Å². The SMILES string of the molecule is CNC(=O)n1c(C)cc2cc(Nc3ccnc4c3SC(c3nccn3C)CC4)ccc21. The summed E-state index contributed by atoms with van der Waals surface area (Å²) in [6.07, 6.45) is 7.68. The molecule has 31 heavy (non-hydrogen) atoms. The first-order chi connectivity index (χ1) is 15.0. The molecule has 0 saturated heterocycles. The Balaban J connectivity index is 1.47. The van der Waals surface area contributed by atoms with Crippen LogP contribution in [0.25, 0.3) is 10.9 Å². The maximum Gasteiger partial charge on any atom is 0.325 e. The molecule has 4 heterocycles. The highest BCUT2D eigenvalue weighted by Gasteiger charge is 2.26. The minimum atomic E-state index is -0.131. The van der Waals surface area contributed by atoms with Crippen molar-refractivity contribution in [3.05, 3.63) is 66.1 Å². The highest BCUT2D eigenvalue weighted by molar-refractivity contribution is 7.99. The maximum absolute atomic E-state index is 12.2. The predicted molar refractivity (Wildman–Crippen MR) is 124 cm³/mol. The Morgan fingerprint density at radius 3 is 2.84 bits per heavy atom. The molecule has 7 nitrogen and oxygen atoms in total. The minimum absolute atomic E-state index is 0.131. The average Bonchev–Trinajstić information content (AvgIpc) is 3.35. The number of amides is 1. The van der Waals surface area contributed by atoms with E-state index in [1.54, 1.807) is 11.6 Å². The van der Waals surface area contributed by atoms with Gasteiger partial charge in [0.25, 0.3) is 0 Å². The summed E-state index contributed by atoms with van der Waals surface area (Å²) >= 11 is 1.83. The smallest absolute Gasteiger partial charge is 0.325 e. The van der Waals surface area contributed by atoms with E-state index >= 15 is 0 Å². The number of hydrogen-bond donors (Lipinski definition) is 2. The molecule has 0 aliphatic carbocycles. The first-order valence-corrected chi connectivity index (χ1v) is 11.2. The van der Waals surface area contributed by atoms with Crippen LogP contribution in [-0.4, -0.2) is 32.2 Å².